The standard InChI is InChI=1S/C18H20O4/c1-18(2)21-14-10-20-17(16(14)22-18)15-12-7-5-4-6-11(12)8-9-13(15)19-3/h4-9,14,16-17H,10H2,1-3H3/t14-,16-,17+/m1/s1. The molecule has 2 aliphatic heterocycles. The lowest BCUT2D eigenvalue weighted by Crippen LogP contribution is -2.25. The first kappa shape index (κ1) is 14.0. The lowest BCUT2D eigenvalue weighted by Gasteiger charge is -2.24. The van der Waals surface area contributed by atoms with Crippen LogP contribution in [0.15, 0.2) is 36.4 Å². The summed E-state index contributed by atoms with van der Waals surface area (Å²) in [6.45, 7) is 4.44. The van der Waals surface area contributed by atoms with Crippen LogP contribution in [-0.2, 0) is 14.2 Å². The van der Waals surface area contributed by atoms with Gasteiger partial charge in [-0.1, -0.05) is 30.3 Å². The average molecular weight is 300 g/mol. The van der Waals surface area contributed by atoms with Crippen molar-refractivity contribution in [3.05, 3.63) is 42.0 Å². The van der Waals surface area contributed by atoms with Gasteiger partial charge in [0.25, 0.3) is 0 Å². The Balaban J connectivity index is 1.84. The third kappa shape index (κ3) is 2.10. The molecule has 0 spiro atoms. The molecule has 3 atom stereocenters. The maximum absolute atomic E-state index is 6.09. The van der Waals surface area contributed by atoms with Crippen molar-refractivity contribution in [1.82, 2.24) is 0 Å². The van der Waals surface area contributed by atoms with Gasteiger partial charge in [-0.25, -0.2) is 0 Å². The predicted octanol–water partition coefficient (Wildman–Crippen LogP) is 3.44. The van der Waals surface area contributed by atoms with Crippen LogP contribution in [-0.4, -0.2) is 31.7 Å². The Labute approximate surface area is 129 Å². The molecule has 2 fully saturated rings. The summed E-state index contributed by atoms with van der Waals surface area (Å²) in [5.41, 5.74) is 1.05. The highest BCUT2D eigenvalue weighted by Gasteiger charge is 2.51. The highest BCUT2D eigenvalue weighted by atomic mass is 16.8. The van der Waals surface area contributed by atoms with Crippen molar-refractivity contribution in [3.63, 3.8) is 0 Å². The molecule has 0 unspecified atom stereocenters. The van der Waals surface area contributed by atoms with E-state index in [9.17, 15) is 0 Å². The van der Waals surface area contributed by atoms with E-state index in [4.69, 9.17) is 18.9 Å². The van der Waals surface area contributed by atoms with Crippen molar-refractivity contribution in [1.29, 1.82) is 0 Å². The molecule has 4 nitrogen and oxygen atoms in total. The topological polar surface area (TPSA) is 36.9 Å². The number of benzene rings is 2. The number of ether oxygens (including phenoxy) is 4. The number of hydrogen-bond donors (Lipinski definition) is 0. The van der Waals surface area contributed by atoms with E-state index in [1.165, 1.54) is 5.39 Å². The molecule has 2 aromatic rings. The Morgan fingerprint density at radius 2 is 1.91 bits per heavy atom. The molecule has 0 saturated carbocycles. The van der Waals surface area contributed by atoms with Crippen LogP contribution in [0.25, 0.3) is 10.8 Å². The van der Waals surface area contributed by atoms with Crippen LogP contribution in [0, 0.1) is 0 Å². The van der Waals surface area contributed by atoms with Gasteiger partial charge in [0.1, 0.15) is 24.1 Å². The summed E-state index contributed by atoms with van der Waals surface area (Å²) >= 11 is 0. The molecule has 0 aliphatic carbocycles. The van der Waals surface area contributed by atoms with E-state index < -0.39 is 5.79 Å². The minimum Gasteiger partial charge on any atom is -0.496 e. The molecule has 116 valence electrons. The summed E-state index contributed by atoms with van der Waals surface area (Å²) in [5, 5.41) is 2.31. The van der Waals surface area contributed by atoms with Gasteiger partial charge in [0.15, 0.2) is 5.79 Å². The number of fused-ring (bicyclic) bond motifs is 2. The SMILES string of the molecule is COc1ccc2ccccc2c1[C@@H]1OC[C@H]2OC(C)(C)O[C@H]21. The third-order valence-electron chi connectivity index (χ3n) is 4.40. The zero-order valence-electron chi connectivity index (χ0n) is 13.0. The van der Waals surface area contributed by atoms with Crippen LogP contribution < -0.4 is 4.74 Å². The van der Waals surface area contributed by atoms with Crippen LogP contribution in [0.1, 0.15) is 25.5 Å². The molecule has 2 heterocycles. The summed E-state index contributed by atoms with van der Waals surface area (Å²) in [6.07, 6.45) is -0.300. The van der Waals surface area contributed by atoms with E-state index in [1.54, 1.807) is 7.11 Å². The van der Waals surface area contributed by atoms with E-state index in [1.807, 2.05) is 32.0 Å². The van der Waals surface area contributed by atoms with Crippen molar-refractivity contribution in [3.8, 4) is 5.75 Å². The Kier molecular flexibility index (Phi) is 3.15. The molecule has 0 N–H and O–H groups in total. The zero-order chi connectivity index (χ0) is 15.3. The third-order valence-corrected chi connectivity index (χ3v) is 4.40. The van der Waals surface area contributed by atoms with E-state index in [0.29, 0.717) is 6.61 Å². The fourth-order valence-electron chi connectivity index (χ4n) is 3.54. The van der Waals surface area contributed by atoms with Crippen LogP contribution in [0.3, 0.4) is 0 Å². The molecule has 2 aromatic carbocycles. The molecule has 0 amide bonds. The molecular weight excluding hydrogens is 280 g/mol. The lowest BCUT2D eigenvalue weighted by molar-refractivity contribution is -0.175. The van der Waals surface area contributed by atoms with E-state index in [0.717, 1.165) is 16.7 Å². The van der Waals surface area contributed by atoms with Crippen LogP contribution in [0.2, 0.25) is 0 Å². The van der Waals surface area contributed by atoms with Crippen LogP contribution >= 0.6 is 0 Å². The normalized spacial score (nSPS) is 29.7. The Morgan fingerprint density at radius 3 is 2.73 bits per heavy atom. The van der Waals surface area contributed by atoms with E-state index in [2.05, 4.69) is 18.2 Å². The van der Waals surface area contributed by atoms with E-state index >= 15 is 0 Å². The van der Waals surface area contributed by atoms with Crippen LogP contribution in [0.5, 0.6) is 5.75 Å². The first-order valence-electron chi connectivity index (χ1n) is 7.62. The smallest absolute Gasteiger partial charge is 0.164 e. The largest absolute Gasteiger partial charge is 0.496 e. The molecule has 4 heteroatoms. The number of rotatable bonds is 2. The van der Waals surface area contributed by atoms with Gasteiger partial charge >= 0.3 is 0 Å². The van der Waals surface area contributed by atoms with Gasteiger partial charge in [-0.3, -0.25) is 0 Å². The van der Waals surface area contributed by atoms with Gasteiger partial charge in [-0.05, 0) is 30.7 Å². The van der Waals surface area contributed by atoms with Gasteiger partial charge in [0.05, 0.1) is 13.7 Å². The van der Waals surface area contributed by atoms with Gasteiger partial charge < -0.3 is 18.9 Å². The highest BCUT2D eigenvalue weighted by molar-refractivity contribution is 5.88. The molecule has 0 radical (unpaired) electrons. The minimum atomic E-state index is -0.560. The lowest BCUT2D eigenvalue weighted by atomic mass is 9.95. The maximum Gasteiger partial charge on any atom is 0.164 e. The quantitative estimate of drug-likeness (QED) is 0.851. The highest BCUT2D eigenvalue weighted by Crippen LogP contribution is 2.46. The van der Waals surface area contributed by atoms with Crippen molar-refractivity contribution < 1.29 is 18.9 Å². The molecule has 2 saturated heterocycles. The summed E-state index contributed by atoms with van der Waals surface area (Å²) in [4.78, 5) is 0. The first-order valence-corrected chi connectivity index (χ1v) is 7.62. The number of hydrogen-bond acceptors (Lipinski definition) is 4. The number of methoxy groups -OCH3 is 1. The molecule has 0 aromatic heterocycles. The fraction of sp³-hybridized carbons (Fsp3) is 0.444. The second kappa shape index (κ2) is 4.95. The zero-order valence-corrected chi connectivity index (χ0v) is 13.0. The maximum atomic E-state index is 6.09. The van der Waals surface area contributed by atoms with Gasteiger partial charge in [0, 0.05) is 5.56 Å². The van der Waals surface area contributed by atoms with Gasteiger partial charge in [0.2, 0.25) is 0 Å². The first-order chi connectivity index (χ1) is 10.6. The second-order valence-corrected chi connectivity index (χ2v) is 6.30. The summed E-state index contributed by atoms with van der Waals surface area (Å²) < 4.78 is 23.6. The van der Waals surface area contributed by atoms with Gasteiger partial charge in [-0.2, -0.15) is 0 Å². The van der Waals surface area contributed by atoms with E-state index in [-0.39, 0.29) is 18.3 Å². The Morgan fingerprint density at radius 1 is 1.09 bits per heavy atom. The predicted molar refractivity (Wildman–Crippen MR) is 83.0 cm³/mol. The van der Waals surface area contributed by atoms with Crippen molar-refractivity contribution in [2.45, 2.75) is 37.9 Å². The monoisotopic (exact) mass is 300 g/mol. The van der Waals surface area contributed by atoms with Crippen molar-refractivity contribution in [2.24, 2.45) is 0 Å². The molecular formula is C18H20O4. The summed E-state index contributed by atoms with van der Waals surface area (Å²) in [5.74, 6) is 0.271. The van der Waals surface area contributed by atoms with Crippen molar-refractivity contribution >= 4 is 10.8 Å². The Bertz CT molecular complexity index is 709. The summed E-state index contributed by atoms with van der Waals surface area (Å²) in [6, 6.07) is 12.3. The fourth-order valence-corrected chi connectivity index (χ4v) is 3.54. The van der Waals surface area contributed by atoms with Crippen LogP contribution in [0.4, 0.5) is 0 Å². The summed E-state index contributed by atoms with van der Waals surface area (Å²) in [7, 11) is 1.69. The van der Waals surface area contributed by atoms with Gasteiger partial charge in [-0.15, -0.1) is 0 Å². The Hall–Kier alpha value is -1.62. The molecule has 22 heavy (non-hydrogen) atoms. The molecule has 2 aliphatic rings. The molecule has 4 rings (SSSR count). The molecule has 0 bridgehead atoms. The second-order valence-electron chi connectivity index (χ2n) is 6.30. The average Bonchev–Trinajstić information content (AvgIpc) is 3.01. The minimum absolute atomic E-state index is 0.0244. The van der Waals surface area contributed by atoms with Crippen molar-refractivity contribution in [2.75, 3.05) is 13.7 Å².